The quantitative estimate of drug-likeness (QED) is 0.367. The van der Waals surface area contributed by atoms with Crippen LogP contribution in [-0.4, -0.2) is 38.7 Å². The Hall–Kier alpha value is -2.32. The van der Waals surface area contributed by atoms with Gasteiger partial charge in [0.15, 0.2) is 11.0 Å². The molecule has 0 atom stereocenters. The number of aromatic nitrogens is 3. The number of thioether (sulfide) groups is 2. The summed E-state index contributed by atoms with van der Waals surface area (Å²) in [5.41, 5.74) is 2.87. The number of benzene rings is 2. The molecule has 1 heterocycles. The Morgan fingerprint density at radius 2 is 2.00 bits per heavy atom. The molecule has 0 spiro atoms. The van der Waals surface area contributed by atoms with E-state index >= 15 is 0 Å². The van der Waals surface area contributed by atoms with Crippen molar-refractivity contribution in [3.8, 4) is 11.4 Å². The lowest BCUT2D eigenvalue weighted by atomic mass is 10.1. The minimum atomic E-state index is -0.185. The molecule has 3 aromatic rings. The zero-order valence-corrected chi connectivity index (χ0v) is 18.7. The van der Waals surface area contributed by atoms with Gasteiger partial charge in [-0.2, -0.15) is 11.8 Å². The first-order valence-corrected chi connectivity index (χ1v) is 11.9. The maximum Gasteiger partial charge on any atom is 0.230 e. The molecule has 0 aliphatic carbocycles. The maximum absolute atomic E-state index is 13.6. The summed E-state index contributed by atoms with van der Waals surface area (Å²) in [6.07, 6.45) is 0. The first kappa shape index (κ1) is 22.4. The van der Waals surface area contributed by atoms with Crippen LogP contribution in [0.4, 0.5) is 4.39 Å². The topological polar surface area (TPSA) is 59.8 Å². The summed E-state index contributed by atoms with van der Waals surface area (Å²) in [7, 11) is 0. The van der Waals surface area contributed by atoms with E-state index < -0.39 is 0 Å². The van der Waals surface area contributed by atoms with Crippen molar-refractivity contribution in [2.45, 2.75) is 31.3 Å². The van der Waals surface area contributed by atoms with E-state index in [1.54, 1.807) is 23.9 Å². The lowest BCUT2D eigenvalue weighted by molar-refractivity contribution is -0.118. The summed E-state index contributed by atoms with van der Waals surface area (Å²) in [5.74, 6) is 2.19. The monoisotopic (exact) mass is 444 g/mol. The van der Waals surface area contributed by atoms with Crippen LogP contribution >= 0.6 is 23.5 Å². The van der Waals surface area contributed by atoms with Crippen molar-refractivity contribution < 1.29 is 9.18 Å². The third-order valence-electron chi connectivity index (χ3n) is 4.43. The summed E-state index contributed by atoms with van der Waals surface area (Å²) in [6.45, 7) is 5.37. The molecular weight excluding hydrogens is 419 g/mol. The number of nitrogens with one attached hydrogen (secondary N) is 1. The van der Waals surface area contributed by atoms with Crippen molar-refractivity contribution in [2.75, 3.05) is 18.1 Å². The molecule has 2 aromatic carbocycles. The van der Waals surface area contributed by atoms with Crippen molar-refractivity contribution in [2.24, 2.45) is 0 Å². The first-order chi connectivity index (χ1) is 14.6. The number of hydrogen-bond acceptors (Lipinski definition) is 5. The van der Waals surface area contributed by atoms with Gasteiger partial charge in [0.1, 0.15) is 5.82 Å². The van der Waals surface area contributed by atoms with Crippen molar-refractivity contribution in [3.63, 3.8) is 0 Å². The van der Waals surface area contributed by atoms with Gasteiger partial charge in [0, 0.05) is 30.2 Å². The smallest absolute Gasteiger partial charge is 0.230 e. The Morgan fingerprint density at radius 1 is 1.17 bits per heavy atom. The van der Waals surface area contributed by atoms with E-state index in [0.717, 1.165) is 28.8 Å². The SMILES string of the molecule is CCn1c(SCC(=O)NCCSCc2ccccc2F)nnc1-c1cccc(C)c1. The lowest BCUT2D eigenvalue weighted by Crippen LogP contribution is -2.27. The highest BCUT2D eigenvalue weighted by atomic mass is 32.2. The molecule has 0 fully saturated rings. The second-order valence-electron chi connectivity index (χ2n) is 6.70. The minimum Gasteiger partial charge on any atom is -0.355 e. The average molecular weight is 445 g/mol. The summed E-state index contributed by atoms with van der Waals surface area (Å²) in [6, 6.07) is 14.9. The van der Waals surface area contributed by atoms with Crippen LogP contribution in [0.25, 0.3) is 11.4 Å². The van der Waals surface area contributed by atoms with Crippen molar-refractivity contribution in [3.05, 3.63) is 65.5 Å². The van der Waals surface area contributed by atoms with E-state index in [1.165, 1.54) is 23.4 Å². The number of carbonyl (C=O) groups excluding carboxylic acids is 1. The van der Waals surface area contributed by atoms with Crippen LogP contribution in [-0.2, 0) is 17.1 Å². The fourth-order valence-electron chi connectivity index (χ4n) is 2.92. The molecular formula is C22H25FN4OS2. The molecule has 1 amide bonds. The van der Waals surface area contributed by atoms with E-state index in [0.29, 0.717) is 17.9 Å². The second kappa shape index (κ2) is 11.2. The van der Waals surface area contributed by atoms with Crippen LogP contribution in [0.15, 0.2) is 53.7 Å². The molecule has 158 valence electrons. The first-order valence-electron chi connectivity index (χ1n) is 9.79. The Morgan fingerprint density at radius 3 is 2.77 bits per heavy atom. The van der Waals surface area contributed by atoms with E-state index in [4.69, 9.17) is 0 Å². The Labute approximate surface area is 184 Å². The Bertz CT molecular complexity index is 993. The highest BCUT2D eigenvalue weighted by Gasteiger charge is 2.14. The van der Waals surface area contributed by atoms with Crippen LogP contribution in [0, 0.1) is 12.7 Å². The molecule has 30 heavy (non-hydrogen) atoms. The van der Waals surface area contributed by atoms with Gasteiger partial charge >= 0.3 is 0 Å². The van der Waals surface area contributed by atoms with E-state index in [1.807, 2.05) is 42.7 Å². The van der Waals surface area contributed by atoms with Crippen LogP contribution in [0.2, 0.25) is 0 Å². The number of nitrogens with zero attached hydrogens (tertiary/aromatic N) is 3. The molecule has 0 saturated carbocycles. The minimum absolute atomic E-state index is 0.0470. The number of carbonyl (C=O) groups is 1. The Balaban J connectivity index is 1.44. The lowest BCUT2D eigenvalue weighted by Gasteiger charge is -2.08. The molecule has 3 rings (SSSR count). The molecule has 0 unspecified atom stereocenters. The van der Waals surface area contributed by atoms with Crippen LogP contribution in [0.3, 0.4) is 0 Å². The number of halogens is 1. The predicted octanol–water partition coefficient (Wildman–Crippen LogP) is 4.55. The van der Waals surface area contributed by atoms with Crippen molar-refractivity contribution >= 4 is 29.4 Å². The van der Waals surface area contributed by atoms with Gasteiger partial charge in [0.2, 0.25) is 5.91 Å². The molecule has 0 aliphatic rings. The van der Waals surface area contributed by atoms with Gasteiger partial charge in [-0.3, -0.25) is 4.79 Å². The zero-order valence-electron chi connectivity index (χ0n) is 17.1. The molecule has 0 saturated heterocycles. The summed E-state index contributed by atoms with van der Waals surface area (Å²) >= 11 is 2.98. The van der Waals surface area contributed by atoms with E-state index in [-0.39, 0.29) is 17.5 Å². The van der Waals surface area contributed by atoms with Crippen LogP contribution in [0.5, 0.6) is 0 Å². The molecule has 1 N–H and O–H groups in total. The third-order valence-corrected chi connectivity index (χ3v) is 6.40. The van der Waals surface area contributed by atoms with Gasteiger partial charge in [0.25, 0.3) is 0 Å². The molecule has 0 bridgehead atoms. The summed E-state index contributed by atoms with van der Waals surface area (Å²) in [5, 5.41) is 12.2. The molecule has 1 aromatic heterocycles. The molecule has 5 nitrogen and oxygen atoms in total. The van der Waals surface area contributed by atoms with Gasteiger partial charge in [-0.05, 0) is 31.5 Å². The number of hydrogen-bond donors (Lipinski definition) is 1. The highest BCUT2D eigenvalue weighted by Crippen LogP contribution is 2.24. The number of aryl methyl sites for hydroxylation is 1. The number of amides is 1. The van der Waals surface area contributed by atoms with Crippen molar-refractivity contribution in [1.82, 2.24) is 20.1 Å². The van der Waals surface area contributed by atoms with Gasteiger partial charge in [-0.25, -0.2) is 4.39 Å². The Kier molecular flexibility index (Phi) is 8.33. The van der Waals surface area contributed by atoms with E-state index in [2.05, 4.69) is 21.6 Å². The van der Waals surface area contributed by atoms with E-state index in [9.17, 15) is 9.18 Å². The average Bonchev–Trinajstić information content (AvgIpc) is 3.16. The van der Waals surface area contributed by atoms with Crippen molar-refractivity contribution in [1.29, 1.82) is 0 Å². The van der Waals surface area contributed by atoms with Gasteiger partial charge < -0.3 is 9.88 Å². The summed E-state index contributed by atoms with van der Waals surface area (Å²) in [4.78, 5) is 12.2. The molecule has 0 radical (unpaired) electrons. The second-order valence-corrected chi connectivity index (χ2v) is 8.75. The summed E-state index contributed by atoms with van der Waals surface area (Å²) < 4.78 is 15.6. The standard InChI is InChI=1S/C22H25FN4OS2/c1-3-27-21(17-9-6-7-16(2)13-17)25-26-22(27)30-15-20(28)24-11-12-29-14-18-8-4-5-10-19(18)23/h4-10,13H,3,11-12,14-15H2,1-2H3,(H,24,28). The third kappa shape index (κ3) is 6.09. The van der Waals surface area contributed by atoms with Crippen LogP contribution < -0.4 is 5.32 Å². The molecule has 0 aliphatic heterocycles. The van der Waals surface area contributed by atoms with Gasteiger partial charge in [-0.1, -0.05) is 53.7 Å². The maximum atomic E-state index is 13.6. The fourth-order valence-corrected chi connectivity index (χ4v) is 4.60. The zero-order chi connectivity index (χ0) is 21.3. The normalized spacial score (nSPS) is 10.9. The highest BCUT2D eigenvalue weighted by molar-refractivity contribution is 7.99. The fraction of sp³-hybridized carbons (Fsp3) is 0.318. The largest absolute Gasteiger partial charge is 0.355 e. The number of rotatable bonds is 10. The van der Waals surface area contributed by atoms with Crippen LogP contribution in [0.1, 0.15) is 18.1 Å². The van der Waals surface area contributed by atoms with Gasteiger partial charge in [0.05, 0.1) is 5.75 Å². The van der Waals surface area contributed by atoms with Gasteiger partial charge in [-0.15, -0.1) is 10.2 Å². The molecule has 8 heteroatoms. The predicted molar refractivity (Wildman–Crippen MR) is 122 cm³/mol.